The van der Waals surface area contributed by atoms with Gasteiger partial charge in [-0.3, -0.25) is 0 Å². The fraction of sp³-hybridized carbons (Fsp3) is 0. The molecule has 0 atom stereocenters. The van der Waals surface area contributed by atoms with Crippen molar-refractivity contribution in [2.24, 2.45) is 0 Å². The molecule has 0 bridgehead atoms. The molecule has 0 spiro atoms. The minimum atomic E-state index is 0.604. The van der Waals surface area contributed by atoms with Crippen molar-refractivity contribution in [2.75, 3.05) is 0 Å². The maximum atomic E-state index is 6.23. The van der Waals surface area contributed by atoms with Crippen molar-refractivity contribution in [3.05, 3.63) is 158 Å². The molecular weight excluding hydrogens is 689 g/mol. The zero-order valence-electron chi connectivity index (χ0n) is 28.0. The van der Waals surface area contributed by atoms with Gasteiger partial charge in [0.25, 0.3) is 0 Å². The van der Waals surface area contributed by atoms with E-state index in [-0.39, 0.29) is 0 Å². The summed E-state index contributed by atoms with van der Waals surface area (Å²) in [6.45, 7) is 0. The summed E-state index contributed by atoms with van der Waals surface area (Å²) in [5.41, 5.74) is 8.87. The predicted octanol–water partition coefficient (Wildman–Crippen LogP) is 13.1. The molecule has 0 aliphatic heterocycles. The Morgan fingerprint density at radius 2 is 1.04 bits per heavy atom. The van der Waals surface area contributed by atoms with Gasteiger partial charge in [-0.05, 0) is 41.5 Å². The van der Waals surface area contributed by atoms with E-state index in [1.807, 2.05) is 78.1 Å². The first-order chi connectivity index (χ1) is 26.2. The Kier molecular flexibility index (Phi) is 6.83. The summed E-state index contributed by atoms with van der Waals surface area (Å²) >= 11 is 3.57. The van der Waals surface area contributed by atoms with Crippen LogP contribution in [0.3, 0.4) is 0 Å². The second kappa shape index (κ2) is 12.0. The van der Waals surface area contributed by atoms with Crippen LogP contribution < -0.4 is 0 Å². The molecule has 4 heterocycles. The molecular formula is C46H26N4OS2. The summed E-state index contributed by atoms with van der Waals surface area (Å²) in [6.07, 6.45) is 0. The molecule has 0 amide bonds. The van der Waals surface area contributed by atoms with Crippen LogP contribution in [0.2, 0.25) is 0 Å². The molecule has 7 heteroatoms. The van der Waals surface area contributed by atoms with E-state index in [9.17, 15) is 0 Å². The third-order valence-electron chi connectivity index (χ3n) is 9.77. The Labute approximate surface area is 311 Å². The van der Waals surface area contributed by atoms with Crippen LogP contribution in [0.25, 0.3) is 108 Å². The van der Waals surface area contributed by atoms with Crippen LogP contribution in [0.5, 0.6) is 0 Å². The molecule has 7 aromatic carbocycles. The molecule has 11 aromatic rings. The van der Waals surface area contributed by atoms with Gasteiger partial charge < -0.3 is 4.42 Å². The van der Waals surface area contributed by atoms with Crippen LogP contribution in [0.1, 0.15) is 0 Å². The van der Waals surface area contributed by atoms with Gasteiger partial charge in [0.1, 0.15) is 16.2 Å². The average molecular weight is 715 g/mol. The van der Waals surface area contributed by atoms with Gasteiger partial charge in [0, 0.05) is 53.2 Å². The number of nitrogens with zero attached hydrogens (tertiary/aromatic N) is 4. The first-order valence-corrected chi connectivity index (χ1v) is 19.0. The first-order valence-electron chi connectivity index (χ1n) is 17.4. The minimum absolute atomic E-state index is 0.604. The molecule has 0 fully saturated rings. The standard InChI is InChI=1S/C46H26N4OS2/c1-3-12-27(13-4-1)43-48-44(50-45(49-43)34-21-11-23-38-41(34)33-18-7-8-22-37(33)51-38)30-17-9-16-29(24-30)31-19-10-20-32-35-25-40-36(26-39(35)52-42(31)32)47-46(53-40)28-14-5-2-6-15-28/h1-26H. The number of aromatic nitrogens is 4. The van der Waals surface area contributed by atoms with Crippen LogP contribution in [-0.4, -0.2) is 19.9 Å². The second-order valence-electron chi connectivity index (χ2n) is 13.0. The van der Waals surface area contributed by atoms with Crippen molar-refractivity contribution in [1.82, 2.24) is 19.9 Å². The van der Waals surface area contributed by atoms with E-state index in [2.05, 4.69) is 91.0 Å². The topological polar surface area (TPSA) is 64.7 Å². The van der Waals surface area contributed by atoms with E-state index >= 15 is 0 Å². The Balaban J connectivity index is 1.06. The summed E-state index contributed by atoms with van der Waals surface area (Å²) in [6, 6.07) is 54.4. The summed E-state index contributed by atoms with van der Waals surface area (Å²) in [4.78, 5) is 20.3. The molecule has 0 unspecified atom stereocenters. The van der Waals surface area contributed by atoms with Crippen LogP contribution in [0, 0.1) is 0 Å². The minimum Gasteiger partial charge on any atom is -0.456 e. The number of fused-ring (bicyclic) bond motifs is 7. The zero-order valence-corrected chi connectivity index (χ0v) is 29.7. The fourth-order valence-corrected chi connectivity index (χ4v) is 9.52. The number of furan rings is 1. The molecule has 11 rings (SSSR count). The second-order valence-corrected chi connectivity index (χ2v) is 15.1. The highest BCUT2D eigenvalue weighted by Crippen LogP contribution is 2.44. The molecule has 53 heavy (non-hydrogen) atoms. The van der Waals surface area contributed by atoms with Crippen molar-refractivity contribution in [2.45, 2.75) is 0 Å². The largest absolute Gasteiger partial charge is 0.456 e. The van der Waals surface area contributed by atoms with Gasteiger partial charge in [0.05, 0.1) is 10.2 Å². The van der Waals surface area contributed by atoms with E-state index in [1.54, 1.807) is 11.3 Å². The van der Waals surface area contributed by atoms with Gasteiger partial charge in [0.15, 0.2) is 17.5 Å². The summed E-state index contributed by atoms with van der Waals surface area (Å²) in [5.74, 6) is 1.84. The van der Waals surface area contributed by atoms with E-state index in [1.165, 1.54) is 30.4 Å². The van der Waals surface area contributed by atoms with E-state index < -0.39 is 0 Å². The molecule has 5 nitrogen and oxygen atoms in total. The highest BCUT2D eigenvalue weighted by molar-refractivity contribution is 7.26. The monoisotopic (exact) mass is 714 g/mol. The van der Waals surface area contributed by atoms with Crippen molar-refractivity contribution in [3.8, 4) is 55.9 Å². The van der Waals surface area contributed by atoms with Gasteiger partial charge in [-0.2, -0.15) is 0 Å². The highest BCUT2D eigenvalue weighted by Gasteiger charge is 2.19. The lowest BCUT2D eigenvalue weighted by molar-refractivity contribution is 0.669. The summed E-state index contributed by atoms with van der Waals surface area (Å²) in [7, 11) is 0. The molecule has 4 aromatic heterocycles. The normalized spacial score (nSPS) is 11.8. The Bertz CT molecular complexity index is 3180. The molecule has 0 aliphatic carbocycles. The van der Waals surface area contributed by atoms with Crippen LogP contribution in [0.4, 0.5) is 0 Å². The number of hydrogen-bond acceptors (Lipinski definition) is 7. The number of thiophene rings is 1. The summed E-state index contributed by atoms with van der Waals surface area (Å²) in [5, 5.41) is 5.59. The van der Waals surface area contributed by atoms with Gasteiger partial charge >= 0.3 is 0 Å². The van der Waals surface area contributed by atoms with Gasteiger partial charge in [-0.25, -0.2) is 19.9 Å². The number of benzene rings is 7. The fourth-order valence-electron chi connectivity index (χ4n) is 7.28. The van der Waals surface area contributed by atoms with Crippen molar-refractivity contribution in [3.63, 3.8) is 0 Å². The van der Waals surface area contributed by atoms with Crippen LogP contribution >= 0.6 is 22.7 Å². The average Bonchev–Trinajstić information content (AvgIpc) is 3.93. The third kappa shape index (κ3) is 5.04. The summed E-state index contributed by atoms with van der Waals surface area (Å²) < 4.78 is 9.91. The van der Waals surface area contributed by atoms with Crippen LogP contribution in [-0.2, 0) is 0 Å². The Morgan fingerprint density at radius 1 is 0.396 bits per heavy atom. The number of rotatable bonds is 5. The molecule has 248 valence electrons. The zero-order chi connectivity index (χ0) is 34.9. The number of thiazole rings is 1. The predicted molar refractivity (Wildman–Crippen MR) is 220 cm³/mol. The molecule has 0 radical (unpaired) electrons. The molecule has 0 saturated heterocycles. The van der Waals surface area contributed by atoms with E-state index in [0.29, 0.717) is 17.5 Å². The Morgan fingerprint density at radius 3 is 1.91 bits per heavy atom. The lowest BCUT2D eigenvalue weighted by Gasteiger charge is -2.10. The van der Waals surface area contributed by atoms with E-state index in [4.69, 9.17) is 24.4 Å². The maximum Gasteiger partial charge on any atom is 0.164 e. The highest BCUT2D eigenvalue weighted by atomic mass is 32.1. The quantitative estimate of drug-likeness (QED) is 0.178. The first kappa shape index (κ1) is 30.1. The lowest BCUT2D eigenvalue weighted by Crippen LogP contribution is -2.00. The van der Waals surface area contributed by atoms with Crippen molar-refractivity contribution in [1.29, 1.82) is 0 Å². The van der Waals surface area contributed by atoms with Gasteiger partial charge in [0.2, 0.25) is 0 Å². The smallest absolute Gasteiger partial charge is 0.164 e. The SMILES string of the molecule is c1ccc(-c2nc(-c3cccc(-c4cccc5c4sc4cc6nc(-c7ccccc7)sc6cc45)c3)nc(-c3cccc4oc5ccccc5c34)n2)cc1. The van der Waals surface area contributed by atoms with Gasteiger partial charge in [-0.15, -0.1) is 22.7 Å². The third-order valence-corrected chi connectivity index (χ3v) is 12.0. The molecule has 0 N–H and O–H groups in total. The van der Waals surface area contributed by atoms with Crippen LogP contribution in [0.15, 0.2) is 162 Å². The Hall–Kier alpha value is -6.54. The van der Waals surface area contributed by atoms with Crippen molar-refractivity contribution < 1.29 is 4.42 Å². The van der Waals surface area contributed by atoms with Gasteiger partial charge in [-0.1, -0.05) is 127 Å². The van der Waals surface area contributed by atoms with E-state index in [0.717, 1.165) is 60.3 Å². The number of hydrogen-bond donors (Lipinski definition) is 0. The number of para-hydroxylation sites is 1. The van der Waals surface area contributed by atoms with Crippen molar-refractivity contribution >= 4 is 75.0 Å². The maximum absolute atomic E-state index is 6.23. The molecule has 0 saturated carbocycles. The molecule has 0 aliphatic rings. The lowest BCUT2D eigenvalue weighted by atomic mass is 10.0.